The molecule has 0 aliphatic heterocycles. The minimum absolute atomic E-state index is 0.179. The van der Waals surface area contributed by atoms with Crippen LogP contribution in [0.2, 0.25) is 0 Å². The fourth-order valence-corrected chi connectivity index (χ4v) is 2.75. The number of hydrogen-bond acceptors (Lipinski definition) is 4. The van der Waals surface area contributed by atoms with Crippen LogP contribution in [-0.2, 0) is 14.3 Å². The van der Waals surface area contributed by atoms with E-state index >= 15 is 0 Å². The van der Waals surface area contributed by atoms with Crippen molar-refractivity contribution in [1.29, 1.82) is 0 Å². The highest BCUT2D eigenvalue weighted by atomic mass is 16.6. The van der Waals surface area contributed by atoms with E-state index in [1.54, 1.807) is 0 Å². The second-order valence-electron chi connectivity index (χ2n) is 7.35. The lowest BCUT2D eigenvalue weighted by Gasteiger charge is -2.15. The van der Waals surface area contributed by atoms with Crippen molar-refractivity contribution in [3.63, 3.8) is 0 Å². The second kappa shape index (κ2) is 22.2. The highest BCUT2D eigenvalue weighted by Gasteiger charge is 2.13. The molecule has 0 aromatic carbocycles. The Kier molecular flexibility index (Phi) is 21.3. The number of ether oxygens (including phenoxy) is 2. The Labute approximate surface area is 173 Å². The molecule has 0 fully saturated rings. The first-order valence-corrected chi connectivity index (χ1v) is 11.4. The van der Waals surface area contributed by atoms with E-state index in [0.29, 0.717) is 13.0 Å². The molecule has 1 unspecified atom stereocenters. The van der Waals surface area contributed by atoms with Gasteiger partial charge in [-0.15, -0.1) is 0 Å². The average molecular weight is 397 g/mol. The van der Waals surface area contributed by atoms with Gasteiger partial charge in [0.1, 0.15) is 6.10 Å². The highest BCUT2D eigenvalue weighted by Crippen LogP contribution is 2.08. The summed E-state index contributed by atoms with van der Waals surface area (Å²) in [6, 6.07) is 0. The van der Waals surface area contributed by atoms with Crippen molar-refractivity contribution < 1.29 is 19.4 Å². The van der Waals surface area contributed by atoms with Crippen LogP contribution in [0, 0.1) is 0 Å². The van der Waals surface area contributed by atoms with Gasteiger partial charge < -0.3 is 14.6 Å². The molecule has 0 amide bonds. The minimum atomic E-state index is -0.528. The molecule has 4 heteroatoms. The molecular weight excluding hydrogens is 352 g/mol. The lowest BCUT2D eigenvalue weighted by atomic mass is 10.1. The first-order valence-electron chi connectivity index (χ1n) is 11.4. The van der Waals surface area contributed by atoms with Gasteiger partial charge in [-0.05, 0) is 38.5 Å². The number of carbonyl (C=O) groups excluding carboxylic acids is 1. The molecule has 0 aliphatic rings. The summed E-state index contributed by atoms with van der Waals surface area (Å²) in [5.41, 5.74) is 0. The molecule has 0 saturated heterocycles. The Hall–Kier alpha value is -1.13. The lowest BCUT2D eigenvalue weighted by Crippen LogP contribution is -2.27. The smallest absolute Gasteiger partial charge is 0.306 e. The van der Waals surface area contributed by atoms with Crippen molar-refractivity contribution in [2.24, 2.45) is 0 Å². The van der Waals surface area contributed by atoms with Gasteiger partial charge >= 0.3 is 5.97 Å². The molecule has 0 radical (unpaired) electrons. The van der Waals surface area contributed by atoms with Gasteiger partial charge in [0, 0.05) is 13.0 Å². The number of rotatable bonds is 20. The van der Waals surface area contributed by atoms with Crippen molar-refractivity contribution in [2.75, 3.05) is 19.8 Å². The first kappa shape index (κ1) is 26.9. The van der Waals surface area contributed by atoms with Crippen LogP contribution in [0.15, 0.2) is 24.3 Å². The molecule has 1 N–H and O–H groups in total. The average Bonchev–Trinajstić information content (AvgIpc) is 2.70. The Morgan fingerprint density at radius 2 is 1.54 bits per heavy atom. The van der Waals surface area contributed by atoms with E-state index in [4.69, 9.17) is 9.47 Å². The maximum absolute atomic E-state index is 11.5. The van der Waals surface area contributed by atoms with Crippen molar-refractivity contribution >= 4 is 5.97 Å². The third-order valence-electron chi connectivity index (χ3n) is 4.51. The molecule has 0 aliphatic carbocycles. The molecule has 164 valence electrons. The molecule has 0 aromatic rings. The monoisotopic (exact) mass is 396 g/mol. The minimum Gasteiger partial charge on any atom is -0.457 e. The predicted molar refractivity (Wildman–Crippen MR) is 117 cm³/mol. The number of carbonyl (C=O) groups is 1. The first-order chi connectivity index (χ1) is 13.7. The van der Waals surface area contributed by atoms with Gasteiger partial charge in [0.15, 0.2) is 0 Å². The summed E-state index contributed by atoms with van der Waals surface area (Å²) >= 11 is 0. The van der Waals surface area contributed by atoms with Crippen molar-refractivity contribution in [3.8, 4) is 0 Å². The van der Waals surface area contributed by atoms with Crippen LogP contribution in [0.25, 0.3) is 0 Å². The summed E-state index contributed by atoms with van der Waals surface area (Å²) in [5.74, 6) is -0.243. The summed E-state index contributed by atoms with van der Waals surface area (Å²) in [5, 5.41) is 9.26. The highest BCUT2D eigenvalue weighted by molar-refractivity contribution is 5.69. The van der Waals surface area contributed by atoms with Gasteiger partial charge in [-0.2, -0.15) is 0 Å². The SMILES string of the molecule is CCC/C=C\C/C=C\CCCCCCCCOCC(CO)OC(=O)CCCC. The zero-order valence-electron chi connectivity index (χ0n) is 18.4. The lowest BCUT2D eigenvalue weighted by molar-refractivity contribution is -0.154. The van der Waals surface area contributed by atoms with E-state index in [1.165, 1.54) is 44.9 Å². The number of aliphatic hydroxyl groups is 1. The molecule has 0 spiro atoms. The van der Waals surface area contributed by atoms with Gasteiger partial charge in [-0.3, -0.25) is 4.79 Å². The van der Waals surface area contributed by atoms with E-state index in [9.17, 15) is 9.90 Å². The second-order valence-corrected chi connectivity index (χ2v) is 7.35. The molecule has 0 bridgehead atoms. The van der Waals surface area contributed by atoms with Crippen LogP contribution in [0.3, 0.4) is 0 Å². The number of esters is 1. The Bertz CT molecular complexity index is 390. The zero-order valence-corrected chi connectivity index (χ0v) is 18.4. The van der Waals surface area contributed by atoms with E-state index in [0.717, 1.165) is 32.1 Å². The van der Waals surface area contributed by atoms with Crippen LogP contribution in [0.4, 0.5) is 0 Å². The number of aliphatic hydroxyl groups excluding tert-OH is 1. The van der Waals surface area contributed by atoms with Crippen molar-refractivity contribution in [1.82, 2.24) is 0 Å². The standard InChI is InChI=1S/C24H44O4/c1-3-5-7-8-9-10-11-12-13-14-15-16-17-18-20-27-22-23(21-25)28-24(26)19-6-4-2/h7-8,10-11,23,25H,3-6,9,12-22H2,1-2H3/b8-7-,11-10-. The van der Waals surface area contributed by atoms with Gasteiger partial charge in [-0.25, -0.2) is 0 Å². The Morgan fingerprint density at radius 1 is 0.857 bits per heavy atom. The third-order valence-corrected chi connectivity index (χ3v) is 4.51. The van der Waals surface area contributed by atoms with E-state index in [1.807, 2.05) is 6.92 Å². The molecular formula is C24H44O4. The fourth-order valence-electron chi connectivity index (χ4n) is 2.75. The Balaban J connectivity index is 3.40. The van der Waals surface area contributed by atoms with Gasteiger partial charge in [-0.1, -0.05) is 76.7 Å². The van der Waals surface area contributed by atoms with Crippen molar-refractivity contribution in [2.45, 2.75) is 103 Å². The van der Waals surface area contributed by atoms with Gasteiger partial charge in [0.2, 0.25) is 0 Å². The quantitative estimate of drug-likeness (QED) is 0.153. The van der Waals surface area contributed by atoms with Crippen molar-refractivity contribution in [3.05, 3.63) is 24.3 Å². The maximum atomic E-state index is 11.5. The molecule has 0 rings (SSSR count). The maximum Gasteiger partial charge on any atom is 0.306 e. The van der Waals surface area contributed by atoms with Crippen LogP contribution >= 0.6 is 0 Å². The zero-order chi connectivity index (χ0) is 20.7. The number of allylic oxidation sites excluding steroid dienone is 4. The fraction of sp³-hybridized carbons (Fsp3) is 0.792. The van der Waals surface area contributed by atoms with E-state index < -0.39 is 6.10 Å². The largest absolute Gasteiger partial charge is 0.457 e. The summed E-state index contributed by atoms with van der Waals surface area (Å²) < 4.78 is 10.8. The Morgan fingerprint density at radius 3 is 2.21 bits per heavy atom. The number of hydrogen-bond donors (Lipinski definition) is 1. The van der Waals surface area contributed by atoms with Crippen LogP contribution < -0.4 is 0 Å². The molecule has 0 aromatic heterocycles. The summed E-state index contributed by atoms with van der Waals surface area (Å²) in [4.78, 5) is 11.5. The van der Waals surface area contributed by atoms with Crippen LogP contribution in [-0.4, -0.2) is 37.0 Å². The molecule has 0 saturated carbocycles. The molecule has 28 heavy (non-hydrogen) atoms. The summed E-state index contributed by atoms with van der Waals surface area (Å²) in [6.45, 7) is 5.01. The van der Waals surface area contributed by atoms with Crippen LogP contribution in [0.5, 0.6) is 0 Å². The normalized spacial score (nSPS) is 12.8. The topological polar surface area (TPSA) is 55.8 Å². The predicted octanol–water partition coefficient (Wildman–Crippen LogP) is 6.13. The number of unbranched alkanes of at least 4 members (excludes halogenated alkanes) is 8. The summed E-state index contributed by atoms with van der Waals surface area (Å²) in [7, 11) is 0. The third kappa shape index (κ3) is 19.6. The van der Waals surface area contributed by atoms with Crippen LogP contribution in [0.1, 0.15) is 97.3 Å². The van der Waals surface area contributed by atoms with E-state index in [2.05, 4.69) is 31.2 Å². The van der Waals surface area contributed by atoms with E-state index in [-0.39, 0.29) is 19.2 Å². The van der Waals surface area contributed by atoms with Gasteiger partial charge in [0.25, 0.3) is 0 Å². The molecule has 0 heterocycles. The molecule has 1 atom stereocenters. The van der Waals surface area contributed by atoms with Gasteiger partial charge in [0.05, 0.1) is 13.2 Å². The molecule has 4 nitrogen and oxygen atoms in total. The summed E-state index contributed by atoms with van der Waals surface area (Å²) in [6.07, 6.45) is 22.7.